The molecule has 1 heterocycles. The van der Waals surface area contributed by atoms with Crippen LogP contribution in [0.5, 0.6) is 0 Å². The predicted molar refractivity (Wildman–Crippen MR) is 72.7 cm³/mol. The molecule has 0 aliphatic carbocycles. The van der Waals surface area contributed by atoms with E-state index in [1.54, 1.807) is 0 Å². The number of rotatable bonds is 9. The average molecular weight is 297 g/mol. The van der Waals surface area contributed by atoms with Crippen LogP contribution >= 0.6 is 0 Å². The van der Waals surface area contributed by atoms with E-state index in [1.807, 2.05) is 0 Å². The summed E-state index contributed by atoms with van der Waals surface area (Å²) in [6, 6.07) is 1.47. The Labute approximate surface area is 122 Å². The number of aromatic nitrogens is 2. The Kier molecular flexibility index (Phi) is 6.93. The molecular formula is C13H19N3O5. The molecule has 1 aromatic heterocycles. The second-order valence-corrected chi connectivity index (χ2v) is 4.41. The van der Waals surface area contributed by atoms with Gasteiger partial charge in [0.1, 0.15) is 12.2 Å². The molecule has 1 aromatic rings. The van der Waals surface area contributed by atoms with Crippen molar-refractivity contribution in [3.63, 3.8) is 0 Å². The molecule has 0 bridgehead atoms. The summed E-state index contributed by atoms with van der Waals surface area (Å²) in [5.41, 5.74) is 0.215. The first kappa shape index (κ1) is 16.7. The summed E-state index contributed by atoms with van der Waals surface area (Å²) in [5.74, 6) is -1.66. The Bertz CT molecular complexity index is 498. The molecular weight excluding hydrogens is 278 g/mol. The summed E-state index contributed by atoms with van der Waals surface area (Å²) in [4.78, 5) is 33.4. The summed E-state index contributed by atoms with van der Waals surface area (Å²) in [6.07, 6.45) is 3.99. The van der Waals surface area contributed by atoms with E-state index in [-0.39, 0.29) is 24.1 Å². The summed E-state index contributed by atoms with van der Waals surface area (Å²) in [7, 11) is 1.35. The Morgan fingerprint density at radius 3 is 2.76 bits per heavy atom. The maximum absolute atomic E-state index is 11.9. The largest absolute Gasteiger partial charge is 0.480 e. The minimum Gasteiger partial charge on any atom is -0.480 e. The van der Waals surface area contributed by atoms with Crippen molar-refractivity contribution in [2.75, 3.05) is 13.7 Å². The van der Waals surface area contributed by atoms with Gasteiger partial charge in [0.15, 0.2) is 0 Å². The van der Waals surface area contributed by atoms with Crippen molar-refractivity contribution in [2.24, 2.45) is 0 Å². The quantitative estimate of drug-likeness (QED) is 0.505. The smallest absolute Gasteiger partial charge is 0.325 e. The van der Waals surface area contributed by atoms with Gasteiger partial charge in [-0.1, -0.05) is 6.42 Å². The zero-order chi connectivity index (χ0) is 15.7. The monoisotopic (exact) mass is 297 g/mol. The molecule has 116 valence electrons. The van der Waals surface area contributed by atoms with Crippen LogP contribution in [0.2, 0.25) is 0 Å². The summed E-state index contributed by atoms with van der Waals surface area (Å²) in [6.45, 7) is 0.104. The van der Waals surface area contributed by atoms with E-state index in [9.17, 15) is 14.4 Å². The number of ether oxygens (including phenoxy) is 1. The van der Waals surface area contributed by atoms with Crippen molar-refractivity contribution < 1.29 is 24.2 Å². The first-order chi connectivity index (χ1) is 10.0. The molecule has 0 aliphatic rings. The van der Waals surface area contributed by atoms with Gasteiger partial charge < -0.3 is 15.2 Å². The zero-order valence-corrected chi connectivity index (χ0v) is 11.9. The fraction of sp³-hybridized carbons (Fsp3) is 0.538. The SMILES string of the molecule is COC(=O)CCCCCNC(=O)c1ccnn1CC(=O)O. The predicted octanol–water partition coefficient (Wildman–Crippen LogP) is 0.431. The Balaban J connectivity index is 2.26. The highest BCUT2D eigenvalue weighted by atomic mass is 16.5. The van der Waals surface area contributed by atoms with E-state index in [1.165, 1.54) is 19.4 Å². The first-order valence-electron chi connectivity index (χ1n) is 6.63. The van der Waals surface area contributed by atoms with Gasteiger partial charge in [-0.2, -0.15) is 5.10 Å². The number of amides is 1. The van der Waals surface area contributed by atoms with Crippen LogP contribution in [0.4, 0.5) is 0 Å². The van der Waals surface area contributed by atoms with Crippen LogP contribution in [0.1, 0.15) is 36.2 Å². The Hall–Kier alpha value is -2.38. The molecule has 0 unspecified atom stereocenters. The second-order valence-electron chi connectivity index (χ2n) is 4.41. The molecule has 8 heteroatoms. The molecule has 21 heavy (non-hydrogen) atoms. The third-order valence-corrected chi connectivity index (χ3v) is 2.81. The lowest BCUT2D eigenvalue weighted by Gasteiger charge is -2.06. The van der Waals surface area contributed by atoms with Gasteiger partial charge in [-0.15, -0.1) is 0 Å². The Morgan fingerprint density at radius 2 is 2.10 bits per heavy atom. The molecule has 8 nitrogen and oxygen atoms in total. The summed E-state index contributed by atoms with van der Waals surface area (Å²) >= 11 is 0. The average Bonchev–Trinajstić information content (AvgIpc) is 2.89. The van der Waals surface area contributed by atoms with Gasteiger partial charge in [-0.25, -0.2) is 4.68 Å². The van der Waals surface area contributed by atoms with Crippen molar-refractivity contribution in [3.8, 4) is 0 Å². The summed E-state index contributed by atoms with van der Waals surface area (Å²) in [5, 5.41) is 15.2. The van der Waals surface area contributed by atoms with E-state index in [4.69, 9.17) is 5.11 Å². The van der Waals surface area contributed by atoms with Crippen molar-refractivity contribution in [1.82, 2.24) is 15.1 Å². The lowest BCUT2D eigenvalue weighted by Crippen LogP contribution is -2.28. The number of carbonyl (C=O) groups is 3. The van der Waals surface area contributed by atoms with Gasteiger partial charge in [0.05, 0.1) is 7.11 Å². The van der Waals surface area contributed by atoms with Crippen molar-refractivity contribution in [3.05, 3.63) is 18.0 Å². The van der Waals surface area contributed by atoms with Crippen molar-refractivity contribution in [2.45, 2.75) is 32.2 Å². The standard InChI is InChI=1S/C13H19N3O5/c1-21-12(19)5-3-2-4-7-14-13(20)10-6-8-15-16(10)9-11(17)18/h6,8H,2-5,7,9H2,1H3,(H,14,20)(H,17,18). The van der Waals surface area contributed by atoms with Crippen molar-refractivity contribution >= 4 is 17.8 Å². The van der Waals surface area contributed by atoms with Crippen LogP contribution in [0, 0.1) is 0 Å². The molecule has 1 amide bonds. The summed E-state index contributed by atoms with van der Waals surface area (Å²) < 4.78 is 5.66. The molecule has 0 atom stereocenters. The van der Waals surface area contributed by atoms with Crippen LogP contribution in [0.3, 0.4) is 0 Å². The second kappa shape index (κ2) is 8.72. The number of hydrogen-bond donors (Lipinski definition) is 2. The third-order valence-electron chi connectivity index (χ3n) is 2.81. The molecule has 0 saturated carbocycles. The van der Waals surface area contributed by atoms with Gasteiger partial charge in [-0.05, 0) is 18.9 Å². The number of carboxylic acids is 1. The first-order valence-corrected chi connectivity index (χ1v) is 6.63. The third kappa shape index (κ3) is 6.07. The molecule has 0 radical (unpaired) electrons. The minimum absolute atomic E-state index is 0.215. The maximum Gasteiger partial charge on any atom is 0.325 e. The number of unbranched alkanes of at least 4 members (excludes halogenated alkanes) is 2. The van der Waals surface area contributed by atoms with Gasteiger partial charge in [0.25, 0.3) is 5.91 Å². The van der Waals surface area contributed by atoms with E-state index < -0.39 is 5.97 Å². The molecule has 0 saturated heterocycles. The van der Waals surface area contributed by atoms with Gasteiger partial charge in [0.2, 0.25) is 0 Å². The topological polar surface area (TPSA) is 111 Å². The van der Waals surface area contributed by atoms with E-state index in [2.05, 4.69) is 15.2 Å². The van der Waals surface area contributed by atoms with Crippen molar-refractivity contribution in [1.29, 1.82) is 0 Å². The molecule has 1 rings (SSSR count). The minimum atomic E-state index is -1.06. The molecule has 0 aliphatic heterocycles. The number of nitrogens with one attached hydrogen (secondary N) is 1. The number of hydrogen-bond acceptors (Lipinski definition) is 5. The number of nitrogens with zero attached hydrogens (tertiary/aromatic N) is 2. The Morgan fingerprint density at radius 1 is 1.33 bits per heavy atom. The highest BCUT2D eigenvalue weighted by Crippen LogP contribution is 2.02. The normalized spacial score (nSPS) is 10.1. The maximum atomic E-state index is 11.9. The highest BCUT2D eigenvalue weighted by molar-refractivity contribution is 5.92. The number of methoxy groups -OCH3 is 1. The number of carboxylic acid groups (broad SMARTS) is 1. The van der Waals surface area contributed by atoms with Crippen LogP contribution in [-0.2, 0) is 20.9 Å². The van der Waals surface area contributed by atoms with Gasteiger partial charge in [0, 0.05) is 19.2 Å². The number of esters is 1. The van der Waals surface area contributed by atoms with E-state index in [0.29, 0.717) is 19.4 Å². The number of aliphatic carboxylic acids is 1. The molecule has 0 spiro atoms. The fourth-order valence-corrected chi connectivity index (χ4v) is 1.75. The molecule has 0 aromatic carbocycles. The van der Waals surface area contributed by atoms with Crippen LogP contribution in [-0.4, -0.2) is 46.4 Å². The molecule has 0 fully saturated rings. The van der Waals surface area contributed by atoms with E-state index in [0.717, 1.165) is 17.5 Å². The number of carbonyl (C=O) groups excluding carboxylic acids is 2. The lowest BCUT2D eigenvalue weighted by molar-refractivity contribution is -0.141. The van der Waals surface area contributed by atoms with Gasteiger partial charge in [-0.3, -0.25) is 14.4 Å². The van der Waals surface area contributed by atoms with Crippen LogP contribution < -0.4 is 5.32 Å². The van der Waals surface area contributed by atoms with Crippen LogP contribution in [0.25, 0.3) is 0 Å². The fourth-order valence-electron chi connectivity index (χ4n) is 1.75. The van der Waals surface area contributed by atoms with Crippen LogP contribution in [0.15, 0.2) is 12.3 Å². The zero-order valence-electron chi connectivity index (χ0n) is 11.9. The van der Waals surface area contributed by atoms with Gasteiger partial charge >= 0.3 is 11.9 Å². The highest BCUT2D eigenvalue weighted by Gasteiger charge is 2.13. The van der Waals surface area contributed by atoms with E-state index >= 15 is 0 Å². The lowest BCUT2D eigenvalue weighted by atomic mass is 10.2. The molecule has 2 N–H and O–H groups in total.